The van der Waals surface area contributed by atoms with Gasteiger partial charge in [-0.1, -0.05) is 12.1 Å². The molecule has 1 aromatic rings. The predicted octanol–water partition coefficient (Wildman–Crippen LogP) is 1.98. The first-order valence-corrected chi connectivity index (χ1v) is 9.91. The highest BCUT2D eigenvalue weighted by atomic mass is 19.1. The van der Waals surface area contributed by atoms with E-state index in [9.17, 15) is 14.0 Å². The minimum absolute atomic E-state index is 0.00784. The number of carbonyl (C=O) groups is 2. The van der Waals surface area contributed by atoms with Gasteiger partial charge in [0.2, 0.25) is 0 Å². The molecule has 2 aliphatic heterocycles. The number of rotatable bonds is 1. The summed E-state index contributed by atoms with van der Waals surface area (Å²) >= 11 is 0. The minimum Gasteiger partial charge on any atom is -0.366 e. The molecule has 2 saturated heterocycles. The molecule has 154 valence electrons. The number of carbonyl (C=O) groups excluding carboxylic acids is 2. The summed E-state index contributed by atoms with van der Waals surface area (Å²) in [7, 11) is 0. The summed E-state index contributed by atoms with van der Waals surface area (Å²) in [5, 5.41) is 0. The fourth-order valence-corrected chi connectivity index (χ4v) is 5.00. The summed E-state index contributed by atoms with van der Waals surface area (Å²) in [4.78, 5) is 31.4. The van der Waals surface area contributed by atoms with E-state index in [1.807, 2.05) is 32.6 Å². The number of benzene rings is 1. The standard InChI is InChI=1S/C21H31FN4O2/c1-20(2)13-15(23)14-21(3,4)26(20)19(28)18(27)25-11-9-24(10-12-25)17-8-6-5-7-16(17)22/h5-8,15H,9-14,23H2,1-4H3. The number of para-hydroxylation sites is 1. The van der Waals surface area contributed by atoms with Crippen LogP contribution in [-0.4, -0.2) is 64.9 Å². The van der Waals surface area contributed by atoms with Crippen LogP contribution in [0.1, 0.15) is 40.5 Å². The lowest BCUT2D eigenvalue weighted by molar-refractivity contribution is -0.163. The molecule has 0 unspecified atom stereocenters. The van der Waals surface area contributed by atoms with Crippen molar-refractivity contribution in [3.8, 4) is 0 Å². The molecule has 0 bridgehead atoms. The Morgan fingerprint density at radius 3 is 2.04 bits per heavy atom. The lowest BCUT2D eigenvalue weighted by Crippen LogP contribution is -2.67. The van der Waals surface area contributed by atoms with E-state index in [0.717, 1.165) is 0 Å². The van der Waals surface area contributed by atoms with Crippen LogP contribution in [0.4, 0.5) is 10.1 Å². The normalized spacial score (nSPS) is 22.3. The first-order valence-electron chi connectivity index (χ1n) is 9.91. The Bertz CT molecular complexity index is 739. The van der Waals surface area contributed by atoms with Crippen LogP contribution in [0.2, 0.25) is 0 Å². The van der Waals surface area contributed by atoms with Crippen molar-refractivity contribution in [2.75, 3.05) is 31.1 Å². The summed E-state index contributed by atoms with van der Waals surface area (Å²) in [6.07, 6.45) is 1.33. The minimum atomic E-state index is -0.483. The average Bonchev–Trinajstić information content (AvgIpc) is 2.59. The van der Waals surface area contributed by atoms with Gasteiger partial charge in [0.15, 0.2) is 0 Å². The molecule has 6 nitrogen and oxygen atoms in total. The van der Waals surface area contributed by atoms with Crippen LogP contribution in [0, 0.1) is 5.82 Å². The Hall–Kier alpha value is -2.15. The van der Waals surface area contributed by atoms with Gasteiger partial charge in [-0.05, 0) is 52.7 Å². The SMILES string of the molecule is CC1(C)CC(N)CC(C)(C)N1C(=O)C(=O)N1CCN(c2ccccc2F)CC1. The fourth-order valence-electron chi connectivity index (χ4n) is 5.00. The zero-order chi connectivity index (χ0) is 20.7. The maximum absolute atomic E-state index is 14.0. The number of amides is 2. The van der Waals surface area contributed by atoms with E-state index in [1.54, 1.807) is 28.0 Å². The van der Waals surface area contributed by atoms with E-state index < -0.39 is 22.9 Å². The van der Waals surface area contributed by atoms with E-state index in [0.29, 0.717) is 44.7 Å². The van der Waals surface area contributed by atoms with Crippen molar-refractivity contribution in [2.45, 2.75) is 57.7 Å². The summed E-state index contributed by atoms with van der Waals surface area (Å²) < 4.78 is 14.0. The summed E-state index contributed by atoms with van der Waals surface area (Å²) in [6.45, 7) is 9.66. The van der Waals surface area contributed by atoms with Crippen LogP contribution in [0.3, 0.4) is 0 Å². The Labute approximate surface area is 166 Å². The van der Waals surface area contributed by atoms with E-state index in [-0.39, 0.29) is 11.9 Å². The van der Waals surface area contributed by atoms with Crippen LogP contribution in [0.25, 0.3) is 0 Å². The molecule has 2 amide bonds. The molecule has 2 aliphatic rings. The third kappa shape index (κ3) is 3.85. The number of hydrogen-bond acceptors (Lipinski definition) is 4. The number of piperazine rings is 1. The van der Waals surface area contributed by atoms with Crippen molar-refractivity contribution < 1.29 is 14.0 Å². The third-order valence-corrected chi connectivity index (χ3v) is 5.88. The molecule has 0 radical (unpaired) electrons. The molecule has 28 heavy (non-hydrogen) atoms. The quantitative estimate of drug-likeness (QED) is 0.745. The van der Waals surface area contributed by atoms with Crippen molar-refractivity contribution in [1.29, 1.82) is 0 Å². The highest BCUT2D eigenvalue weighted by Gasteiger charge is 2.49. The Kier molecular flexibility index (Phi) is 5.40. The first-order chi connectivity index (χ1) is 13.0. The van der Waals surface area contributed by atoms with E-state index in [1.165, 1.54) is 6.07 Å². The second kappa shape index (κ2) is 7.35. The number of hydrogen-bond donors (Lipinski definition) is 1. The zero-order valence-electron chi connectivity index (χ0n) is 17.2. The Morgan fingerprint density at radius 1 is 0.964 bits per heavy atom. The van der Waals surface area contributed by atoms with Gasteiger partial charge < -0.3 is 20.4 Å². The molecule has 1 aromatic carbocycles. The van der Waals surface area contributed by atoms with Crippen LogP contribution in [-0.2, 0) is 9.59 Å². The lowest BCUT2D eigenvalue weighted by atomic mass is 9.77. The monoisotopic (exact) mass is 390 g/mol. The van der Waals surface area contributed by atoms with Gasteiger partial charge in [-0.2, -0.15) is 0 Å². The van der Waals surface area contributed by atoms with Gasteiger partial charge in [0.25, 0.3) is 0 Å². The van der Waals surface area contributed by atoms with E-state index >= 15 is 0 Å². The van der Waals surface area contributed by atoms with Gasteiger partial charge in [-0.15, -0.1) is 0 Å². The number of likely N-dealkylation sites (tertiary alicyclic amines) is 1. The largest absolute Gasteiger partial charge is 0.366 e. The summed E-state index contributed by atoms with van der Waals surface area (Å²) in [5.41, 5.74) is 5.75. The number of halogens is 1. The fraction of sp³-hybridized carbons (Fsp3) is 0.619. The molecule has 3 rings (SSSR count). The van der Waals surface area contributed by atoms with Crippen molar-refractivity contribution in [3.63, 3.8) is 0 Å². The third-order valence-electron chi connectivity index (χ3n) is 5.88. The lowest BCUT2D eigenvalue weighted by Gasteiger charge is -2.54. The molecule has 2 N–H and O–H groups in total. The van der Waals surface area contributed by atoms with Crippen LogP contribution in [0.15, 0.2) is 24.3 Å². The van der Waals surface area contributed by atoms with Gasteiger partial charge in [-0.25, -0.2) is 4.39 Å². The predicted molar refractivity (Wildman–Crippen MR) is 107 cm³/mol. The molecule has 0 aliphatic carbocycles. The van der Waals surface area contributed by atoms with E-state index in [4.69, 9.17) is 5.73 Å². The van der Waals surface area contributed by atoms with E-state index in [2.05, 4.69) is 0 Å². The molecule has 0 aromatic heterocycles. The van der Waals surface area contributed by atoms with Crippen LogP contribution >= 0.6 is 0 Å². The van der Waals surface area contributed by atoms with Crippen molar-refractivity contribution in [3.05, 3.63) is 30.1 Å². The smallest absolute Gasteiger partial charge is 0.312 e. The van der Waals surface area contributed by atoms with Crippen LogP contribution in [0.5, 0.6) is 0 Å². The highest BCUT2D eigenvalue weighted by Crippen LogP contribution is 2.38. The molecule has 2 fully saturated rings. The first kappa shape index (κ1) is 20.6. The molecular weight excluding hydrogens is 359 g/mol. The molecule has 0 atom stereocenters. The summed E-state index contributed by atoms with van der Waals surface area (Å²) in [6, 6.07) is 6.63. The van der Waals surface area contributed by atoms with Gasteiger partial charge in [0.1, 0.15) is 5.82 Å². The van der Waals surface area contributed by atoms with Gasteiger partial charge in [0.05, 0.1) is 5.69 Å². The number of nitrogens with zero attached hydrogens (tertiary/aromatic N) is 3. The topological polar surface area (TPSA) is 69.9 Å². The van der Waals surface area contributed by atoms with Crippen molar-refractivity contribution in [1.82, 2.24) is 9.80 Å². The Balaban J connectivity index is 1.69. The average molecular weight is 391 g/mol. The zero-order valence-corrected chi connectivity index (χ0v) is 17.2. The van der Waals surface area contributed by atoms with Crippen LogP contribution < -0.4 is 10.6 Å². The Morgan fingerprint density at radius 2 is 1.50 bits per heavy atom. The molecule has 7 heteroatoms. The molecule has 2 heterocycles. The molecular formula is C21H31FN4O2. The second-order valence-electron chi connectivity index (χ2n) is 9.16. The maximum Gasteiger partial charge on any atom is 0.312 e. The molecule has 0 saturated carbocycles. The van der Waals surface area contributed by atoms with Crippen molar-refractivity contribution >= 4 is 17.5 Å². The maximum atomic E-state index is 14.0. The van der Waals surface area contributed by atoms with Gasteiger partial charge >= 0.3 is 11.8 Å². The second-order valence-corrected chi connectivity index (χ2v) is 9.16. The highest BCUT2D eigenvalue weighted by molar-refractivity contribution is 6.35. The number of nitrogens with two attached hydrogens (primary N) is 1. The van der Waals surface area contributed by atoms with Gasteiger partial charge in [-0.3, -0.25) is 9.59 Å². The van der Waals surface area contributed by atoms with Crippen molar-refractivity contribution in [2.24, 2.45) is 5.73 Å². The number of piperidine rings is 1. The van der Waals surface area contributed by atoms with Gasteiger partial charge in [0, 0.05) is 43.3 Å². The number of anilines is 1. The molecule has 0 spiro atoms. The summed E-state index contributed by atoms with van der Waals surface area (Å²) in [5.74, 6) is -1.22.